The quantitative estimate of drug-likeness (QED) is 0.728. The van der Waals surface area contributed by atoms with Crippen LogP contribution in [0.25, 0.3) is 0 Å². The van der Waals surface area contributed by atoms with E-state index in [4.69, 9.17) is 0 Å². The van der Waals surface area contributed by atoms with Crippen molar-refractivity contribution in [2.45, 2.75) is 26.2 Å². The minimum absolute atomic E-state index is 0.107. The SMILES string of the molecule is Cc1cc(O)ccc1NC(=O)C1CCC1. The summed E-state index contributed by atoms with van der Waals surface area (Å²) >= 11 is 0. The van der Waals surface area contributed by atoms with Gasteiger partial charge < -0.3 is 10.4 Å². The lowest BCUT2D eigenvalue weighted by Gasteiger charge is -2.24. The second-order valence-electron chi connectivity index (χ2n) is 4.12. The summed E-state index contributed by atoms with van der Waals surface area (Å²) in [4.78, 5) is 11.7. The molecule has 1 amide bonds. The molecule has 2 rings (SSSR count). The Balaban J connectivity index is 2.06. The van der Waals surface area contributed by atoms with Gasteiger partial charge in [0.25, 0.3) is 0 Å². The van der Waals surface area contributed by atoms with E-state index in [1.807, 2.05) is 6.92 Å². The van der Waals surface area contributed by atoms with Crippen LogP contribution in [0.4, 0.5) is 5.69 Å². The summed E-state index contributed by atoms with van der Waals surface area (Å²) in [7, 11) is 0. The van der Waals surface area contributed by atoms with Gasteiger partial charge >= 0.3 is 0 Å². The number of amides is 1. The maximum absolute atomic E-state index is 11.7. The Bertz CT molecular complexity index is 383. The summed E-state index contributed by atoms with van der Waals surface area (Å²) in [5.74, 6) is 0.530. The fraction of sp³-hybridized carbons (Fsp3) is 0.417. The average molecular weight is 205 g/mol. The first-order valence-electron chi connectivity index (χ1n) is 5.27. The largest absolute Gasteiger partial charge is 0.508 e. The van der Waals surface area contributed by atoms with E-state index in [0.717, 1.165) is 30.5 Å². The Kier molecular flexibility index (Phi) is 2.62. The first kappa shape index (κ1) is 10.0. The zero-order chi connectivity index (χ0) is 10.8. The van der Waals surface area contributed by atoms with Gasteiger partial charge in [-0.3, -0.25) is 4.79 Å². The minimum Gasteiger partial charge on any atom is -0.508 e. The highest BCUT2D eigenvalue weighted by Gasteiger charge is 2.25. The predicted molar refractivity (Wildman–Crippen MR) is 58.8 cm³/mol. The highest BCUT2D eigenvalue weighted by molar-refractivity contribution is 5.93. The standard InChI is InChI=1S/C12H15NO2/c1-8-7-10(14)5-6-11(8)13-12(15)9-3-2-4-9/h5-7,9,14H,2-4H2,1H3,(H,13,15). The maximum atomic E-state index is 11.7. The van der Waals surface area contributed by atoms with Crippen LogP contribution in [-0.2, 0) is 4.79 Å². The Morgan fingerprint density at radius 2 is 2.20 bits per heavy atom. The molecule has 0 heterocycles. The van der Waals surface area contributed by atoms with Crippen molar-refractivity contribution < 1.29 is 9.90 Å². The van der Waals surface area contributed by atoms with Crippen molar-refractivity contribution in [3.63, 3.8) is 0 Å². The smallest absolute Gasteiger partial charge is 0.227 e. The van der Waals surface area contributed by atoms with Crippen molar-refractivity contribution in [3.05, 3.63) is 23.8 Å². The van der Waals surface area contributed by atoms with Crippen molar-refractivity contribution in [3.8, 4) is 5.75 Å². The molecule has 0 unspecified atom stereocenters. The van der Waals surface area contributed by atoms with Crippen LogP contribution >= 0.6 is 0 Å². The molecule has 3 heteroatoms. The molecule has 0 spiro atoms. The molecule has 80 valence electrons. The monoisotopic (exact) mass is 205 g/mol. The Morgan fingerprint density at radius 3 is 2.73 bits per heavy atom. The summed E-state index contributed by atoms with van der Waals surface area (Å²) < 4.78 is 0. The molecule has 0 atom stereocenters. The van der Waals surface area contributed by atoms with Gasteiger partial charge in [-0.1, -0.05) is 6.42 Å². The van der Waals surface area contributed by atoms with Crippen molar-refractivity contribution in [2.75, 3.05) is 5.32 Å². The molecule has 0 bridgehead atoms. The number of hydrogen-bond acceptors (Lipinski definition) is 2. The number of phenols is 1. The van der Waals surface area contributed by atoms with Gasteiger partial charge in [0.2, 0.25) is 5.91 Å². The van der Waals surface area contributed by atoms with Gasteiger partial charge in [0.1, 0.15) is 5.75 Å². The molecule has 1 fully saturated rings. The number of carbonyl (C=O) groups is 1. The van der Waals surface area contributed by atoms with Crippen LogP contribution in [0.2, 0.25) is 0 Å². The second-order valence-corrected chi connectivity index (χ2v) is 4.12. The highest BCUT2D eigenvalue weighted by Crippen LogP contribution is 2.28. The Hall–Kier alpha value is -1.51. The van der Waals surface area contributed by atoms with Crippen molar-refractivity contribution in [1.82, 2.24) is 0 Å². The summed E-state index contributed by atoms with van der Waals surface area (Å²) in [5, 5.41) is 12.1. The van der Waals surface area contributed by atoms with Crippen LogP contribution in [0, 0.1) is 12.8 Å². The predicted octanol–water partition coefficient (Wildman–Crippen LogP) is 2.44. The number of rotatable bonds is 2. The summed E-state index contributed by atoms with van der Waals surface area (Å²) in [6.45, 7) is 1.87. The van der Waals surface area contributed by atoms with E-state index in [0.29, 0.717) is 0 Å². The number of hydrogen-bond donors (Lipinski definition) is 2. The topological polar surface area (TPSA) is 49.3 Å². The van der Waals surface area contributed by atoms with E-state index in [-0.39, 0.29) is 17.6 Å². The summed E-state index contributed by atoms with van der Waals surface area (Å²) in [6, 6.07) is 4.97. The third-order valence-electron chi connectivity index (χ3n) is 2.94. The van der Waals surface area contributed by atoms with Crippen molar-refractivity contribution >= 4 is 11.6 Å². The summed E-state index contributed by atoms with van der Waals surface area (Å²) in [5.41, 5.74) is 1.69. The molecule has 0 radical (unpaired) electrons. The van der Waals surface area contributed by atoms with Gasteiger partial charge in [-0.05, 0) is 43.5 Å². The first-order chi connectivity index (χ1) is 7.16. The Morgan fingerprint density at radius 1 is 1.47 bits per heavy atom. The van der Waals surface area contributed by atoms with Gasteiger partial charge in [0.15, 0.2) is 0 Å². The van der Waals surface area contributed by atoms with E-state index in [2.05, 4.69) is 5.32 Å². The molecular formula is C12H15NO2. The Labute approximate surface area is 89.1 Å². The molecule has 1 saturated carbocycles. The first-order valence-corrected chi connectivity index (χ1v) is 5.27. The fourth-order valence-electron chi connectivity index (χ4n) is 1.69. The lowest BCUT2D eigenvalue weighted by molar-refractivity contribution is -0.122. The normalized spacial score (nSPS) is 15.8. The summed E-state index contributed by atoms with van der Waals surface area (Å²) in [6.07, 6.45) is 3.17. The number of anilines is 1. The van der Waals surface area contributed by atoms with Crippen LogP contribution in [0.1, 0.15) is 24.8 Å². The number of carbonyl (C=O) groups excluding carboxylic acids is 1. The van der Waals surface area contributed by atoms with Gasteiger partial charge in [0, 0.05) is 11.6 Å². The molecule has 0 saturated heterocycles. The zero-order valence-corrected chi connectivity index (χ0v) is 8.79. The van der Waals surface area contributed by atoms with Gasteiger partial charge in [-0.2, -0.15) is 0 Å². The molecule has 0 aromatic heterocycles. The van der Waals surface area contributed by atoms with E-state index >= 15 is 0 Å². The minimum atomic E-state index is 0.107. The molecule has 3 nitrogen and oxygen atoms in total. The zero-order valence-electron chi connectivity index (χ0n) is 8.79. The third kappa shape index (κ3) is 2.12. The third-order valence-corrected chi connectivity index (χ3v) is 2.94. The lowest BCUT2D eigenvalue weighted by atomic mass is 9.85. The number of phenolic OH excluding ortho intramolecular Hbond substituents is 1. The van der Waals surface area contributed by atoms with Crippen LogP contribution in [-0.4, -0.2) is 11.0 Å². The number of aryl methyl sites for hydroxylation is 1. The molecule has 2 N–H and O–H groups in total. The maximum Gasteiger partial charge on any atom is 0.227 e. The van der Waals surface area contributed by atoms with Crippen LogP contribution < -0.4 is 5.32 Å². The fourth-order valence-corrected chi connectivity index (χ4v) is 1.69. The van der Waals surface area contributed by atoms with Gasteiger partial charge in [-0.25, -0.2) is 0 Å². The van der Waals surface area contributed by atoms with E-state index in [9.17, 15) is 9.90 Å². The number of benzene rings is 1. The molecule has 1 aliphatic rings. The number of nitrogens with one attached hydrogen (secondary N) is 1. The van der Waals surface area contributed by atoms with Crippen LogP contribution in [0.15, 0.2) is 18.2 Å². The van der Waals surface area contributed by atoms with Crippen molar-refractivity contribution in [1.29, 1.82) is 0 Å². The second kappa shape index (κ2) is 3.93. The lowest BCUT2D eigenvalue weighted by Crippen LogP contribution is -2.28. The molecular weight excluding hydrogens is 190 g/mol. The van der Waals surface area contributed by atoms with Crippen LogP contribution in [0.3, 0.4) is 0 Å². The van der Waals surface area contributed by atoms with Gasteiger partial charge in [-0.15, -0.1) is 0 Å². The van der Waals surface area contributed by atoms with E-state index in [1.54, 1.807) is 18.2 Å². The molecule has 15 heavy (non-hydrogen) atoms. The number of aromatic hydroxyl groups is 1. The van der Waals surface area contributed by atoms with E-state index < -0.39 is 0 Å². The molecule has 0 aliphatic heterocycles. The van der Waals surface area contributed by atoms with E-state index in [1.165, 1.54) is 0 Å². The highest BCUT2D eigenvalue weighted by atomic mass is 16.3. The van der Waals surface area contributed by atoms with Gasteiger partial charge in [0.05, 0.1) is 0 Å². The molecule has 1 aliphatic carbocycles. The van der Waals surface area contributed by atoms with Crippen molar-refractivity contribution in [2.24, 2.45) is 5.92 Å². The average Bonchev–Trinajstić information content (AvgIpc) is 2.07. The molecule has 1 aromatic carbocycles. The van der Waals surface area contributed by atoms with Crippen LogP contribution in [0.5, 0.6) is 5.75 Å². The molecule has 1 aromatic rings.